The van der Waals surface area contributed by atoms with Crippen LogP contribution in [0.4, 0.5) is 0 Å². The van der Waals surface area contributed by atoms with Crippen LogP contribution in [0.2, 0.25) is 5.02 Å². The molecule has 0 N–H and O–H groups in total. The predicted octanol–water partition coefficient (Wildman–Crippen LogP) is 3.71. The molecule has 0 atom stereocenters. The number of benzene rings is 2. The maximum atomic E-state index is 11.1. The minimum atomic E-state index is 0.00767. The van der Waals surface area contributed by atoms with Crippen molar-refractivity contribution in [2.75, 3.05) is 13.9 Å². The second-order valence-corrected chi connectivity index (χ2v) is 4.68. The Morgan fingerprint density at radius 1 is 1.19 bits per heavy atom. The smallest absolute Gasteiger partial charge is 0.189 e. The van der Waals surface area contributed by atoms with E-state index in [1.54, 1.807) is 6.07 Å². The molecular weight excluding hydrogens is 292 g/mol. The molecule has 0 saturated heterocycles. The predicted molar refractivity (Wildman–Crippen MR) is 80.1 cm³/mol. The summed E-state index contributed by atoms with van der Waals surface area (Å²) in [6.07, 6.45) is 0.668. The fraction of sp³-hybridized carbons (Fsp3) is 0.188. The average Bonchev–Trinajstić information content (AvgIpc) is 2.52. The number of hydrogen-bond donors (Lipinski definition) is 0. The van der Waals surface area contributed by atoms with Crippen LogP contribution >= 0.6 is 11.6 Å². The van der Waals surface area contributed by atoms with Crippen molar-refractivity contribution < 1.29 is 19.0 Å². The third-order valence-corrected chi connectivity index (χ3v) is 3.01. The Morgan fingerprint density at radius 2 is 1.95 bits per heavy atom. The number of aldehydes is 1. The molecular formula is C16H15ClO4. The molecule has 2 aromatic carbocycles. The summed E-state index contributed by atoms with van der Waals surface area (Å²) >= 11 is 5.90. The summed E-state index contributed by atoms with van der Waals surface area (Å²) in [6.45, 7) is 0.431. The van der Waals surface area contributed by atoms with E-state index in [2.05, 4.69) is 0 Å². The summed E-state index contributed by atoms with van der Waals surface area (Å²) in [7, 11) is 1.48. The third-order valence-electron chi connectivity index (χ3n) is 2.79. The fourth-order valence-corrected chi connectivity index (χ4v) is 2.03. The molecule has 0 unspecified atom stereocenters. The molecule has 0 radical (unpaired) electrons. The topological polar surface area (TPSA) is 44.8 Å². The Labute approximate surface area is 128 Å². The van der Waals surface area contributed by atoms with Crippen molar-refractivity contribution in [3.05, 3.63) is 58.6 Å². The van der Waals surface area contributed by atoms with E-state index in [4.69, 9.17) is 25.8 Å². The van der Waals surface area contributed by atoms with Gasteiger partial charge in [0, 0.05) is 11.1 Å². The maximum Gasteiger partial charge on any atom is 0.189 e. The molecule has 2 aromatic rings. The fourth-order valence-electron chi connectivity index (χ4n) is 1.82. The van der Waals surface area contributed by atoms with Gasteiger partial charge in [0.1, 0.15) is 0 Å². The van der Waals surface area contributed by atoms with Gasteiger partial charge in [0.2, 0.25) is 0 Å². The molecule has 110 valence electrons. The zero-order valence-corrected chi connectivity index (χ0v) is 12.3. The highest BCUT2D eigenvalue weighted by Gasteiger charge is 2.12. The maximum absolute atomic E-state index is 11.1. The lowest BCUT2D eigenvalue weighted by molar-refractivity contribution is 0.00348. The van der Waals surface area contributed by atoms with Crippen molar-refractivity contribution in [1.82, 2.24) is 0 Å². The minimum absolute atomic E-state index is 0.00767. The molecule has 0 spiro atoms. The monoisotopic (exact) mass is 306 g/mol. The highest BCUT2D eigenvalue weighted by molar-refractivity contribution is 6.31. The van der Waals surface area contributed by atoms with E-state index < -0.39 is 0 Å². The van der Waals surface area contributed by atoms with Crippen LogP contribution in [0.3, 0.4) is 0 Å². The first kappa shape index (κ1) is 15.4. The number of rotatable bonds is 7. The summed E-state index contributed by atoms with van der Waals surface area (Å²) in [5, 5.41) is 0.409. The first-order valence-electron chi connectivity index (χ1n) is 6.31. The lowest BCUT2D eigenvalue weighted by atomic mass is 10.2. The van der Waals surface area contributed by atoms with Gasteiger partial charge in [-0.15, -0.1) is 0 Å². The second kappa shape index (κ2) is 7.67. The van der Waals surface area contributed by atoms with Crippen LogP contribution in [-0.4, -0.2) is 20.2 Å². The van der Waals surface area contributed by atoms with Crippen molar-refractivity contribution in [1.29, 1.82) is 0 Å². The highest BCUT2D eigenvalue weighted by atomic mass is 35.5. The average molecular weight is 307 g/mol. The van der Waals surface area contributed by atoms with Crippen molar-refractivity contribution in [3.8, 4) is 11.5 Å². The van der Waals surface area contributed by atoms with Gasteiger partial charge in [-0.1, -0.05) is 41.9 Å². The Morgan fingerprint density at radius 3 is 2.62 bits per heavy atom. The van der Waals surface area contributed by atoms with Crippen molar-refractivity contribution in [2.45, 2.75) is 6.61 Å². The molecule has 0 amide bonds. The lowest BCUT2D eigenvalue weighted by Gasteiger charge is -2.13. The van der Waals surface area contributed by atoms with Crippen LogP contribution in [0.5, 0.6) is 11.5 Å². The number of hydrogen-bond acceptors (Lipinski definition) is 4. The van der Waals surface area contributed by atoms with Crippen molar-refractivity contribution >= 4 is 17.9 Å². The lowest BCUT2D eigenvalue weighted by Crippen LogP contribution is -2.06. The zero-order chi connectivity index (χ0) is 15.1. The first-order valence-corrected chi connectivity index (χ1v) is 6.69. The van der Waals surface area contributed by atoms with Crippen molar-refractivity contribution in [2.24, 2.45) is 0 Å². The molecule has 0 aliphatic rings. The van der Waals surface area contributed by atoms with Gasteiger partial charge in [0.25, 0.3) is 0 Å². The normalized spacial score (nSPS) is 10.2. The SMILES string of the molecule is COc1cc(Cl)cc(C=O)c1OCOCc1ccccc1. The molecule has 0 aliphatic heterocycles. The van der Waals surface area contributed by atoms with Gasteiger partial charge in [0.05, 0.1) is 19.3 Å². The Kier molecular flexibility index (Phi) is 5.60. The van der Waals surface area contributed by atoms with E-state index in [1.807, 2.05) is 30.3 Å². The summed E-state index contributed by atoms with van der Waals surface area (Å²) < 4.78 is 16.1. The Hall–Kier alpha value is -2.04. The second-order valence-electron chi connectivity index (χ2n) is 4.24. The van der Waals surface area contributed by atoms with E-state index in [9.17, 15) is 4.79 Å². The highest BCUT2D eigenvalue weighted by Crippen LogP contribution is 2.33. The molecule has 21 heavy (non-hydrogen) atoms. The van der Waals surface area contributed by atoms with E-state index >= 15 is 0 Å². The van der Waals surface area contributed by atoms with Crippen LogP contribution < -0.4 is 9.47 Å². The Balaban J connectivity index is 1.98. The standard InChI is InChI=1S/C16H15ClO4/c1-19-15-8-14(17)7-13(9-18)16(15)21-11-20-10-12-5-3-2-4-6-12/h2-9H,10-11H2,1H3. The van der Waals surface area contributed by atoms with E-state index in [-0.39, 0.29) is 6.79 Å². The van der Waals surface area contributed by atoms with Crippen LogP contribution in [0, 0.1) is 0 Å². The molecule has 0 aliphatic carbocycles. The number of methoxy groups -OCH3 is 1. The minimum Gasteiger partial charge on any atom is -0.493 e. The van der Waals surface area contributed by atoms with Crippen molar-refractivity contribution in [3.63, 3.8) is 0 Å². The molecule has 2 rings (SSSR count). The number of carbonyl (C=O) groups excluding carboxylic acids is 1. The van der Waals surface area contributed by atoms with Gasteiger partial charge in [-0.25, -0.2) is 0 Å². The molecule has 4 nitrogen and oxygen atoms in total. The van der Waals surface area contributed by atoms with Gasteiger partial charge in [-0.2, -0.15) is 0 Å². The summed E-state index contributed by atoms with van der Waals surface area (Å²) in [4.78, 5) is 11.1. The number of halogens is 1. The summed E-state index contributed by atoms with van der Waals surface area (Å²) in [5.41, 5.74) is 1.36. The number of ether oxygens (including phenoxy) is 3. The third kappa shape index (κ3) is 4.21. The first-order chi connectivity index (χ1) is 10.2. The molecule has 5 heteroatoms. The van der Waals surface area contributed by atoms with Gasteiger partial charge >= 0.3 is 0 Å². The quantitative estimate of drug-likeness (QED) is 0.444. The van der Waals surface area contributed by atoms with Gasteiger partial charge in [0.15, 0.2) is 24.6 Å². The van der Waals surface area contributed by atoms with Gasteiger partial charge < -0.3 is 14.2 Å². The Bertz CT molecular complexity index is 599. The van der Waals surface area contributed by atoms with Crippen LogP contribution in [0.1, 0.15) is 15.9 Å². The van der Waals surface area contributed by atoms with Gasteiger partial charge in [-0.3, -0.25) is 4.79 Å². The number of carbonyl (C=O) groups is 1. The van der Waals surface area contributed by atoms with E-state index in [1.165, 1.54) is 13.2 Å². The molecule has 0 bridgehead atoms. The molecule has 0 fully saturated rings. The summed E-state index contributed by atoms with van der Waals surface area (Å²) in [6, 6.07) is 12.8. The van der Waals surface area contributed by atoms with Crippen LogP contribution in [-0.2, 0) is 11.3 Å². The largest absolute Gasteiger partial charge is 0.493 e. The zero-order valence-electron chi connectivity index (χ0n) is 11.5. The molecule has 0 heterocycles. The van der Waals surface area contributed by atoms with Crippen LogP contribution in [0.25, 0.3) is 0 Å². The van der Waals surface area contributed by atoms with E-state index in [0.29, 0.717) is 35.0 Å². The van der Waals surface area contributed by atoms with E-state index in [0.717, 1.165) is 5.56 Å². The molecule has 0 saturated carbocycles. The van der Waals surface area contributed by atoms with Gasteiger partial charge in [-0.05, 0) is 11.6 Å². The summed E-state index contributed by atoms with van der Waals surface area (Å²) in [5.74, 6) is 0.720. The van der Waals surface area contributed by atoms with Crippen LogP contribution in [0.15, 0.2) is 42.5 Å². The molecule has 0 aromatic heterocycles.